The third kappa shape index (κ3) is 3.26. The molecule has 0 saturated carbocycles. The van der Waals surface area contributed by atoms with Crippen molar-refractivity contribution < 1.29 is 13.2 Å². The molecule has 1 aromatic heterocycles. The lowest BCUT2D eigenvalue weighted by Gasteiger charge is -2.39. The normalized spacial score (nSPS) is 21.7. The maximum absolute atomic E-state index is 13.2. The molecular weight excluding hydrogens is 366 g/mol. The summed E-state index contributed by atoms with van der Waals surface area (Å²) in [4.78, 5) is 21.9. The number of amides is 1. The Bertz CT molecular complexity index is 942. The fourth-order valence-corrected chi connectivity index (χ4v) is 5.28. The molecule has 1 unspecified atom stereocenters. The number of H-pyrrole nitrogens is 1. The Labute approximate surface area is 158 Å². The quantitative estimate of drug-likeness (QED) is 0.805. The maximum Gasteiger partial charge on any atom is 0.251 e. The van der Waals surface area contributed by atoms with Crippen molar-refractivity contribution in [3.05, 3.63) is 47.5 Å². The summed E-state index contributed by atoms with van der Waals surface area (Å²) in [6, 6.07) is 4.76. The van der Waals surface area contributed by atoms with Gasteiger partial charge in [-0.25, -0.2) is 13.4 Å². The van der Waals surface area contributed by atoms with Gasteiger partial charge in [0.05, 0.1) is 10.9 Å². The number of aromatic nitrogens is 2. The van der Waals surface area contributed by atoms with E-state index in [2.05, 4.69) is 27.1 Å². The predicted octanol–water partition coefficient (Wildman–Crippen LogP) is 0.763. The lowest BCUT2D eigenvalue weighted by molar-refractivity contribution is 0.0945. The molecule has 2 aliphatic rings. The van der Waals surface area contributed by atoms with Gasteiger partial charge in [-0.3, -0.25) is 9.69 Å². The lowest BCUT2D eigenvalue weighted by Crippen LogP contribution is -2.50. The first-order valence-corrected chi connectivity index (χ1v) is 10.6. The van der Waals surface area contributed by atoms with Crippen LogP contribution in [-0.4, -0.2) is 66.2 Å². The summed E-state index contributed by atoms with van der Waals surface area (Å²) in [5, 5.41) is 2.77. The predicted molar refractivity (Wildman–Crippen MR) is 99.8 cm³/mol. The molecule has 27 heavy (non-hydrogen) atoms. The maximum atomic E-state index is 13.2. The highest BCUT2D eigenvalue weighted by Gasteiger charge is 2.36. The van der Waals surface area contributed by atoms with Crippen LogP contribution in [0.2, 0.25) is 0 Å². The van der Waals surface area contributed by atoms with Crippen LogP contribution in [-0.2, 0) is 16.4 Å². The highest BCUT2D eigenvalue weighted by molar-refractivity contribution is 7.89. The summed E-state index contributed by atoms with van der Waals surface area (Å²) >= 11 is 0. The van der Waals surface area contributed by atoms with E-state index < -0.39 is 10.0 Å². The van der Waals surface area contributed by atoms with Gasteiger partial charge >= 0.3 is 0 Å². The van der Waals surface area contributed by atoms with E-state index in [4.69, 9.17) is 0 Å². The highest BCUT2D eigenvalue weighted by atomic mass is 32.2. The van der Waals surface area contributed by atoms with Crippen molar-refractivity contribution in [1.29, 1.82) is 0 Å². The Hall–Kier alpha value is -2.23. The number of likely N-dealkylation sites (N-methyl/N-ethyl adjacent to an activating group) is 1. The van der Waals surface area contributed by atoms with Crippen molar-refractivity contribution >= 4 is 15.9 Å². The Morgan fingerprint density at radius 2 is 2.15 bits per heavy atom. The van der Waals surface area contributed by atoms with Crippen molar-refractivity contribution in [2.24, 2.45) is 0 Å². The number of carbonyl (C=O) groups is 1. The van der Waals surface area contributed by atoms with Crippen LogP contribution in [0.4, 0.5) is 0 Å². The van der Waals surface area contributed by atoms with E-state index in [-0.39, 0.29) is 16.8 Å². The zero-order valence-electron chi connectivity index (χ0n) is 15.2. The molecule has 0 aliphatic carbocycles. The number of piperazine rings is 1. The number of imidazole rings is 1. The molecule has 1 fully saturated rings. The molecule has 4 rings (SSSR count). The largest absolute Gasteiger partial charge is 0.352 e. The monoisotopic (exact) mass is 389 g/mol. The average Bonchev–Trinajstić information content (AvgIpc) is 3.22. The number of sulfonamides is 1. The van der Waals surface area contributed by atoms with Crippen LogP contribution in [0.15, 0.2) is 35.5 Å². The Kier molecular flexibility index (Phi) is 4.75. The first-order valence-electron chi connectivity index (χ1n) is 9.15. The number of hydrogen-bond acceptors (Lipinski definition) is 5. The van der Waals surface area contributed by atoms with E-state index in [1.54, 1.807) is 24.5 Å². The molecule has 8 nitrogen and oxygen atoms in total. The second-order valence-corrected chi connectivity index (χ2v) is 8.74. The minimum Gasteiger partial charge on any atom is -0.352 e. The second kappa shape index (κ2) is 7.06. The van der Waals surface area contributed by atoms with E-state index in [0.717, 1.165) is 24.4 Å². The van der Waals surface area contributed by atoms with Gasteiger partial charge in [0.15, 0.2) is 0 Å². The van der Waals surface area contributed by atoms with Crippen LogP contribution in [0, 0.1) is 0 Å². The van der Waals surface area contributed by atoms with E-state index >= 15 is 0 Å². The van der Waals surface area contributed by atoms with Crippen molar-refractivity contribution in [3.63, 3.8) is 0 Å². The van der Waals surface area contributed by atoms with Gasteiger partial charge in [-0.05, 0) is 30.7 Å². The Balaban J connectivity index is 1.64. The summed E-state index contributed by atoms with van der Waals surface area (Å²) in [7, 11) is -3.69. The zero-order chi connectivity index (χ0) is 19.0. The molecule has 2 aliphatic heterocycles. The summed E-state index contributed by atoms with van der Waals surface area (Å²) in [5.41, 5.74) is 1.35. The summed E-state index contributed by atoms with van der Waals surface area (Å²) in [6.07, 6.45) is 4.15. The van der Waals surface area contributed by atoms with Crippen LogP contribution < -0.4 is 5.32 Å². The van der Waals surface area contributed by atoms with E-state index in [1.807, 2.05) is 0 Å². The van der Waals surface area contributed by atoms with Gasteiger partial charge in [-0.2, -0.15) is 4.31 Å². The Morgan fingerprint density at radius 1 is 1.30 bits per heavy atom. The van der Waals surface area contributed by atoms with Crippen molar-refractivity contribution in [1.82, 2.24) is 24.5 Å². The minimum atomic E-state index is -3.69. The topological polar surface area (TPSA) is 98.4 Å². The Morgan fingerprint density at radius 3 is 2.89 bits per heavy atom. The molecule has 144 valence electrons. The van der Waals surface area contributed by atoms with Gasteiger partial charge in [0.25, 0.3) is 5.91 Å². The summed E-state index contributed by atoms with van der Waals surface area (Å²) in [5.74, 6) is 0.555. The highest BCUT2D eigenvalue weighted by Crippen LogP contribution is 2.28. The van der Waals surface area contributed by atoms with Gasteiger partial charge in [0, 0.05) is 44.1 Å². The molecule has 0 radical (unpaired) electrons. The first kappa shape index (κ1) is 18.1. The third-order valence-electron chi connectivity index (χ3n) is 5.34. The summed E-state index contributed by atoms with van der Waals surface area (Å²) < 4.78 is 28.0. The van der Waals surface area contributed by atoms with E-state index in [0.29, 0.717) is 31.7 Å². The van der Waals surface area contributed by atoms with E-state index in [9.17, 15) is 13.2 Å². The molecule has 1 amide bonds. The molecule has 0 spiro atoms. The molecule has 1 saturated heterocycles. The number of hydrogen-bond donors (Lipinski definition) is 2. The minimum absolute atomic E-state index is 0.116. The first-order chi connectivity index (χ1) is 13.0. The number of nitrogens with one attached hydrogen (secondary N) is 2. The average molecular weight is 389 g/mol. The zero-order valence-corrected chi connectivity index (χ0v) is 16.0. The number of rotatable bonds is 4. The van der Waals surface area contributed by atoms with Crippen LogP contribution in [0.25, 0.3) is 0 Å². The van der Waals surface area contributed by atoms with Gasteiger partial charge in [0.1, 0.15) is 5.82 Å². The van der Waals surface area contributed by atoms with Crippen molar-refractivity contribution in [2.45, 2.75) is 24.3 Å². The van der Waals surface area contributed by atoms with E-state index in [1.165, 1.54) is 10.4 Å². The lowest BCUT2D eigenvalue weighted by atomic mass is 10.0. The molecule has 2 aromatic rings. The van der Waals surface area contributed by atoms with Crippen molar-refractivity contribution in [3.8, 4) is 0 Å². The third-order valence-corrected chi connectivity index (χ3v) is 7.20. The molecule has 0 bridgehead atoms. The van der Waals surface area contributed by atoms with Crippen LogP contribution in [0.3, 0.4) is 0 Å². The van der Waals surface area contributed by atoms with Crippen LogP contribution in [0.5, 0.6) is 0 Å². The molecule has 2 N–H and O–H groups in total. The molecule has 9 heteroatoms. The number of carbonyl (C=O) groups excluding carboxylic acids is 1. The summed E-state index contributed by atoms with van der Waals surface area (Å²) in [6.45, 7) is 4.83. The van der Waals surface area contributed by atoms with Crippen molar-refractivity contribution in [2.75, 3.05) is 32.7 Å². The van der Waals surface area contributed by atoms with Gasteiger partial charge < -0.3 is 10.3 Å². The second-order valence-electron chi connectivity index (χ2n) is 6.81. The fraction of sp³-hybridized carbons (Fsp3) is 0.444. The van der Waals surface area contributed by atoms with Gasteiger partial charge in [-0.15, -0.1) is 0 Å². The van der Waals surface area contributed by atoms with Gasteiger partial charge in [0.2, 0.25) is 10.0 Å². The SMILES string of the molecule is CCN1CCN(S(=O)(=O)c2ccc3c(c2)C(=O)NCC3)CC1c1ncc[nH]1. The number of nitrogens with zero attached hydrogens (tertiary/aromatic N) is 3. The molecule has 1 aromatic carbocycles. The molecule has 1 atom stereocenters. The number of benzene rings is 1. The number of aromatic amines is 1. The smallest absolute Gasteiger partial charge is 0.251 e. The van der Waals surface area contributed by atoms with Gasteiger partial charge in [-0.1, -0.05) is 13.0 Å². The molecule has 3 heterocycles. The molecular formula is C18H23N5O3S. The van der Waals surface area contributed by atoms with Crippen LogP contribution >= 0.6 is 0 Å². The standard InChI is InChI=1S/C18H23N5O3S/c1-2-22-9-10-23(12-16(22)17-19-7-8-20-17)27(25,26)14-4-3-13-5-6-21-18(24)15(13)11-14/h3-4,7-8,11,16H,2,5-6,9-10,12H2,1H3,(H,19,20)(H,21,24). The number of fused-ring (bicyclic) bond motifs is 1. The van der Waals surface area contributed by atoms with Crippen LogP contribution in [0.1, 0.15) is 34.7 Å². The fourth-order valence-electron chi connectivity index (χ4n) is 3.81.